The molecule has 0 saturated carbocycles. The van der Waals surface area contributed by atoms with E-state index in [-0.39, 0.29) is 5.97 Å². The number of carbonyl (C=O) groups excluding carboxylic acids is 1. The monoisotopic (exact) mass is 314 g/mol. The first-order chi connectivity index (χ1) is 11.2. The number of nitrogens with one attached hydrogen (secondary N) is 1. The number of hydrogen-bond donors (Lipinski definition) is 1. The van der Waals surface area contributed by atoms with Crippen LogP contribution < -0.4 is 10.1 Å². The van der Waals surface area contributed by atoms with Crippen molar-refractivity contribution < 1.29 is 14.3 Å². The molecule has 0 spiro atoms. The van der Waals surface area contributed by atoms with Crippen LogP contribution in [0, 0.1) is 0 Å². The molecule has 1 aromatic heterocycles. The topological polar surface area (TPSA) is 78.3 Å². The fraction of sp³-hybridized carbons (Fsp3) is 0.312. The van der Waals surface area contributed by atoms with Crippen molar-refractivity contribution in [2.45, 2.75) is 19.9 Å². The van der Waals surface area contributed by atoms with E-state index in [0.29, 0.717) is 29.6 Å². The zero-order valence-electron chi connectivity index (χ0n) is 13.2. The van der Waals surface area contributed by atoms with Gasteiger partial charge in [0.05, 0.1) is 19.3 Å². The Morgan fingerprint density at radius 3 is 2.91 bits per heavy atom. The largest absolute Gasteiger partial charge is 0.496 e. The Balaban J connectivity index is 2.19. The third-order valence-electron chi connectivity index (χ3n) is 3.72. The number of methoxy groups -OCH3 is 1. The van der Waals surface area contributed by atoms with E-state index in [2.05, 4.69) is 15.4 Å². The van der Waals surface area contributed by atoms with Crippen LogP contribution in [-0.4, -0.2) is 34.5 Å². The van der Waals surface area contributed by atoms with E-state index >= 15 is 0 Å². The Bertz CT molecular complexity index is 766. The molecule has 7 heteroatoms. The van der Waals surface area contributed by atoms with Gasteiger partial charge in [-0.05, 0) is 19.9 Å². The number of ether oxygens (including phenoxy) is 2. The molecule has 2 aromatic rings. The minimum absolute atomic E-state index is 0.304. The molecular formula is C16H18N4O3. The highest BCUT2D eigenvalue weighted by Gasteiger charge is 2.35. The molecule has 120 valence electrons. The Morgan fingerprint density at radius 2 is 2.17 bits per heavy atom. The van der Waals surface area contributed by atoms with Crippen molar-refractivity contribution in [3.05, 3.63) is 47.4 Å². The van der Waals surface area contributed by atoms with E-state index in [4.69, 9.17) is 9.47 Å². The summed E-state index contributed by atoms with van der Waals surface area (Å²) in [6, 6.07) is 7.09. The number of allylic oxidation sites excluding steroid dienone is 1. The molecule has 1 aliphatic rings. The lowest BCUT2D eigenvalue weighted by Crippen LogP contribution is -2.30. The summed E-state index contributed by atoms with van der Waals surface area (Å²) in [5.41, 5.74) is 2.01. The molecule has 0 aliphatic carbocycles. The van der Waals surface area contributed by atoms with Crippen molar-refractivity contribution >= 4 is 11.9 Å². The average molecular weight is 314 g/mol. The van der Waals surface area contributed by atoms with Crippen LogP contribution in [0.5, 0.6) is 5.75 Å². The molecule has 1 N–H and O–H groups in total. The van der Waals surface area contributed by atoms with Crippen LogP contribution in [0.1, 0.15) is 25.5 Å². The number of rotatable bonds is 4. The van der Waals surface area contributed by atoms with Crippen molar-refractivity contribution in [2.75, 3.05) is 19.0 Å². The third-order valence-corrected chi connectivity index (χ3v) is 3.72. The SMILES string of the molecule is CCOC(=O)C1=C(C)Nc2ncnn2[C@@H]1c1ccccc1OC. The molecule has 0 unspecified atom stereocenters. The molecule has 0 bridgehead atoms. The van der Waals surface area contributed by atoms with Gasteiger partial charge < -0.3 is 14.8 Å². The van der Waals surface area contributed by atoms with Gasteiger partial charge in [-0.3, -0.25) is 0 Å². The van der Waals surface area contributed by atoms with E-state index in [0.717, 1.165) is 5.56 Å². The van der Waals surface area contributed by atoms with Crippen molar-refractivity contribution in [3.63, 3.8) is 0 Å². The second kappa shape index (κ2) is 6.12. The zero-order valence-corrected chi connectivity index (χ0v) is 13.2. The highest BCUT2D eigenvalue weighted by molar-refractivity contribution is 5.92. The van der Waals surface area contributed by atoms with E-state index < -0.39 is 6.04 Å². The molecule has 1 atom stereocenters. The molecular weight excluding hydrogens is 296 g/mol. The van der Waals surface area contributed by atoms with Crippen LogP contribution in [0.4, 0.5) is 5.95 Å². The number of hydrogen-bond acceptors (Lipinski definition) is 6. The van der Waals surface area contributed by atoms with Gasteiger partial charge in [0.1, 0.15) is 18.1 Å². The van der Waals surface area contributed by atoms with Gasteiger partial charge in [0.15, 0.2) is 0 Å². The average Bonchev–Trinajstić information content (AvgIpc) is 3.01. The smallest absolute Gasteiger partial charge is 0.338 e. The van der Waals surface area contributed by atoms with Gasteiger partial charge in [-0.25, -0.2) is 9.48 Å². The summed E-state index contributed by atoms with van der Waals surface area (Å²) < 4.78 is 12.4. The summed E-state index contributed by atoms with van der Waals surface area (Å²) >= 11 is 0. The Labute approximate surface area is 133 Å². The molecule has 0 amide bonds. The first-order valence-electron chi connectivity index (χ1n) is 7.34. The number of nitrogens with zero attached hydrogens (tertiary/aromatic N) is 3. The maximum atomic E-state index is 12.5. The predicted octanol–water partition coefficient (Wildman–Crippen LogP) is 2.14. The molecule has 2 heterocycles. The minimum Gasteiger partial charge on any atom is -0.496 e. The van der Waals surface area contributed by atoms with Gasteiger partial charge in [-0.2, -0.15) is 10.1 Å². The van der Waals surface area contributed by atoms with E-state index in [1.54, 1.807) is 18.7 Å². The normalized spacial score (nSPS) is 16.6. The van der Waals surface area contributed by atoms with Crippen molar-refractivity contribution in [1.29, 1.82) is 0 Å². The van der Waals surface area contributed by atoms with Gasteiger partial charge in [0.25, 0.3) is 0 Å². The van der Waals surface area contributed by atoms with Crippen LogP contribution in [0.25, 0.3) is 0 Å². The minimum atomic E-state index is -0.455. The van der Waals surface area contributed by atoms with Gasteiger partial charge >= 0.3 is 5.97 Å². The Kier molecular flexibility index (Phi) is 4.01. The molecule has 0 saturated heterocycles. The van der Waals surface area contributed by atoms with Gasteiger partial charge in [-0.1, -0.05) is 18.2 Å². The summed E-state index contributed by atoms with van der Waals surface area (Å²) in [6.07, 6.45) is 1.45. The van der Waals surface area contributed by atoms with E-state index in [9.17, 15) is 4.79 Å². The summed E-state index contributed by atoms with van der Waals surface area (Å²) in [4.78, 5) is 16.7. The van der Waals surface area contributed by atoms with E-state index in [1.165, 1.54) is 6.33 Å². The summed E-state index contributed by atoms with van der Waals surface area (Å²) in [5.74, 6) is 0.872. The summed E-state index contributed by atoms with van der Waals surface area (Å²) in [6.45, 7) is 3.91. The fourth-order valence-corrected chi connectivity index (χ4v) is 2.74. The maximum absolute atomic E-state index is 12.5. The highest BCUT2D eigenvalue weighted by Crippen LogP contribution is 2.38. The quantitative estimate of drug-likeness (QED) is 0.871. The number of aromatic nitrogens is 3. The number of benzene rings is 1. The Morgan fingerprint density at radius 1 is 1.39 bits per heavy atom. The third kappa shape index (κ3) is 2.54. The van der Waals surface area contributed by atoms with Crippen LogP contribution in [0.15, 0.2) is 41.9 Å². The van der Waals surface area contributed by atoms with Crippen molar-refractivity contribution in [2.24, 2.45) is 0 Å². The number of anilines is 1. The summed E-state index contributed by atoms with van der Waals surface area (Å²) in [5, 5.41) is 7.36. The molecule has 1 aromatic carbocycles. The molecule has 23 heavy (non-hydrogen) atoms. The van der Waals surface area contributed by atoms with Crippen molar-refractivity contribution in [1.82, 2.24) is 14.8 Å². The number of carbonyl (C=O) groups is 1. The van der Waals surface area contributed by atoms with Crippen LogP contribution in [0.2, 0.25) is 0 Å². The number of fused-ring (bicyclic) bond motifs is 1. The fourth-order valence-electron chi connectivity index (χ4n) is 2.74. The van der Waals surface area contributed by atoms with Gasteiger partial charge in [0.2, 0.25) is 5.95 Å². The van der Waals surface area contributed by atoms with Crippen molar-refractivity contribution in [3.8, 4) is 5.75 Å². The highest BCUT2D eigenvalue weighted by atomic mass is 16.5. The lowest BCUT2D eigenvalue weighted by Gasteiger charge is -2.28. The molecule has 7 nitrogen and oxygen atoms in total. The lowest BCUT2D eigenvalue weighted by atomic mass is 9.95. The van der Waals surface area contributed by atoms with Gasteiger partial charge in [-0.15, -0.1) is 0 Å². The van der Waals surface area contributed by atoms with Crippen LogP contribution in [0.3, 0.4) is 0 Å². The predicted molar refractivity (Wildman–Crippen MR) is 84.1 cm³/mol. The standard InChI is InChI=1S/C16H18N4O3/c1-4-23-15(21)13-10(2)19-16-17-9-18-20(16)14(13)11-7-5-6-8-12(11)22-3/h5-9,14H,4H2,1-3H3,(H,17,18,19)/t14-/m1/s1. The van der Waals surface area contributed by atoms with Gasteiger partial charge in [0, 0.05) is 11.3 Å². The van der Waals surface area contributed by atoms with Crippen LogP contribution in [-0.2, 0) is 9.53 Å². The first kappa shape index (κ1) is 15.1. The first-order valence-corrected chi connectivity index (χ1v) is 7.34. The Hall–Kier alpha value is -2.83. The maximum Gasteiger partial charge on any atom is 0.338 e. The molecule has 1 aliphatic heterocycles. The molecule has 3 rings (SSSR count). The van der Waals surface area contributed by atoms with E-state index in [1.807, 2.05) is 31.2 Å². The lowest BCUT2D eigenvalue weighted by molar-refractivity contribution is -0.139. The second-order valence-corrected chi connectivity index (χ2v) is 5.06. The number of para-hydroxylation sites is 1. The zero-order chi connectivity index (χ0) is 16.4. The molecule has 0 fully saturated rings. The van der Waals surface area contributed by atoms with Crippen LogP contribution >= 0.6 is 0 Å². The second-order valence-electron chi connectivity index (χ2n) is 5.06. The molecule has 0 radical (unpaired) electrons. The number of esters is 1. The summed E-state index contributed by atoms with van der Waals surface area (Å²) in [7, 11) is 1.60.